The van der Waals surface area contributed by atoms with E-state index in [0.29, 0.717) is 10.6 Å². The molecule has 0 fully saturated rings. The summed E-state index contributed by atoms with van der Waals surface area (Å²) in [6.45, 7) is 4.07. The molecule has 6 heteroatoms. The Hall–Kier alpha value is -2.11. The van der Waals surface area contributed by atoms with Crippen molar-refractivity contribution in [3.05, 3.63) is 59.1 Å². The summed E-state index contributed by atoms with van der Waals surface area (Å²) < 4.78 is 5.76. The molecule has 1 unspecified atom stereocenters. The molecule has 2 N–H and O–H groups in total. The Balaban J connectivity index is 1.97. The molecule has 24 heavy (non-hydrogen) atoms. The number of carbonyl (C=O) groups is 1. The molecular weight excluding hydrogens is 344 g/mol. The number of hydrogen-bond donors (Lipinski definition) is 2. The zero-order valence-electron chi connectivity index (χ0n) is 13.5. The molecule has 0 aromatic heterocycles. The highest BCUT2D eigenvalue weighted by atomic mass is 35.5. The highest BCUT2D eigenvalue weighted by Gasteiger charge is 2.09. The monoisotopic (exact) mass is 362 g/mol. The minimum atomic E-state index is -0.318. The first-order chi connectivity index (χ1) is 11.5. The normalized spacial score (nSPS) is 11.5. The molecular formula is C18H19ClN2O2S. The van der Waals surface area contributed by atoms with Crippen LogP contribution < -0.4 is 15.4 Å². The molecule has 2 aromatic carbocycles. The summed E-state index contributed by atoms with van der Waals surface area (Å²) in [6, 6.07) is 14.1. The van der Waals surface area contributed by atoms with E-state index in [9.17, 15) is 4.79 Å². The second-order valence-electron chi connectivity index (χ2n) is 5.28. The van der Waals surface area contributed by atoms with Crippen LogP contribution in [-0.4, -0.2) is 17.1 Å². The van der Waals surface area contributed by atoms with E-state index in [2.05, 4.69) is 17.6 Å². The number of benzene rings is 2. The van der Waals surface area contributed by atoms with E-state index >= 15 is 0 Å². The molecule has 0 aliphatic heterocycles. The van der Waals surface area contributed by atoms with Gasteiger partial charge >= 0.3 is 0 Å². The van der Waals surface area contributed by atoms with Crippen LogP contribution in [0.15, 0.2) is 48.5 Å². The Morgan fingerprint density at radius 2 is 2.00 bits per heavy atom. The van der Waals surface area contributed by atoms with E-state index in [1.807, 2.05) is 31.2 Å². The number of hydrogen-bond acceptors (Lipinski definition) is 3. The van der Waals surface area contributed by atoms with E-state index < -0.39 is 0 Å². The van der Waals surface area contributed by atoms with Crippen LogP contribution in [0.2, 0.25) is 5.02 Å². The second-order valence-corrected chi connectivity index (χ2v) is 6.13. The summed E-state index contributed by atoms with van der Waals surface area (Å²) >= 11 is 11.1. The molecule has 0 spiro atoms. The van der Waals surface area contributed by atoms with Crippen LogP contribution in [0.5, 0.6) is 5.75 Å². The SMILES string of the molecule is CCC(C)Oc1cccc(NC(=S)NC(=O)c2cccc(Cl)c2)c1. The van der Waals surface area contributed by atoms with Gasteiger partial charge in [-0.05, 0) is 55.9 Å². The van der Waals surface area contributed by atoms with Crippen LogP contribution in [0, 0.1) is 0 Å². The summed E-state index contributed by atoms with van der Waals surface area (Å²) in [4.78, 5) is 12.1. The van der Waals surface area contributed by atoms with Crippen molar-refractivity contribution < 1.29 is 9.53 Å². The zero-order chi connectivity index (χ0) is 17.5. The van der Waals surface area contributed by atoms with E-state index in [1.165, 1.54) is 0 Å². The minimum Gasteiger partial charge on any atom is -0.491 e. The number of anilines is 1. The largest absolute Gasteiger partial charge is 0.491 e. The van der Waals surface area contributed by atoms with Crippen LogP contribution in [-0.2, 0) is 0 Å². The molecule has 0 saturated heterocycles. The molecule has 0 aliphatic rings. The van der Waals surface area contributed by atoms with Crippen molar-refractivity contribution in [2.75, 3.05) is 5.32 Å². The number of halogens is 1. The Labute approximate surface area is 152 Å². The third kappa shape index (κ3) is 5.51. The Kier molecular flexibility index (Phi) is 6.58. The summed E-state index contributed by atoms with van der Waals surface area (Å²) in [5, 5.41) is 6.31. The van der Waals surface area contributed by atoms with Gasteiger partial charge in [0.2, 0.25) is 0 Å². The van der Waals surface area contributed by atoms with Gasteiger partial charge in [0.25, 0.3) is 5.91 Å². The highest BCUT2D eigenvalue weighted by Crippen LogP contribution is 2.19. The molecule has 0 radical (unpaired) electrons. The van der Waals surface area contributed by atoms with E-state index in [1.54, 1.807) is 24.3 Å². The van der Waals surface area contributed by atoms with Gasteiger partial charge in [-0.25, -0.2) is 0 Å². The molecule has 126 valence electrons. The summed E-state index contributed by atoms with van der Waals surface area (Å²) in [6.07, 6.45) is 1.06. The predicted molar refractivity (Wildman–Crippen MR) is 102 cm³/mol. The number of carbonyl (C=O) groups excluding carboxylic acids is 1. The number of rotatable bonds is 5. The fraction of sp³-hybridized carbons (Fsp3) is 0.222. The number of nitrogens with one attached hydrogen (secondary N) is 2. The van der Waals surface area contributed by atoms with Crippen LogP contribution >= 0.6 is 23.8 Å². The maximum atomic E-state index is 12.1. The maximum Gasteiger partial charge on any atom is 0.257 e. The van der Waals surface area contributed by atoms with Gasteiger partial charge in [0.05, 0.1) is 6.10 Å². The van der Waals surface area contributed by atoms with Gasteiger partial charge in [-0.1, -0.05) is 30.7 Å². The zero-order valence-corrected chi connectivity index (χ0v) is 15.1. The number of amides is 1. The lowest BCUT2D eigenvalue weighted by Crippen LogP contribution is -2.34. The minimum absolute atomic E-state index is 0.134. The second kappa shape index (κ2) is 8.66. The fourth-order valence-corrected chi connectivity index (χ4v) is 2.33. The first-order valence-electron chi connectivity index (χ1n) is 7.62. The van der Waals surface area contributed by atoms with Gasteiger partial charge in [-0.2, -0.15) is 0 Å². The van der Waals surface area contributed by atoms with Crippen molar-refractivity contribution in [1.29, 1.82) is 0 Å². The van der Waals surface area contributed by atoms with Gasteiger partial charge in [-0.3, -0.25) is 10.1 Å². The summed E-state index contributed by atoms with van der Waals surface area (Å²) in [5.41, 5.74) is 1.19. The molecule has 0 bridgehead atoms. The van der Waals surface area contributed by atoms with Gasteiger partial charge in [0.1, 0.15) is 5.75 Å². The average molecular weight is 363 g/mol. The molecule has 0 saturated carbocycles. The van der Waals surface area contributed by atoms with Gasteiger partial charge in [0, 0.05) is 22.3 Å². The summed E-state index contributed by atoms with van der Waals surface area (Å²) in [5.74, 6) is 0.431. The van der Waals surface area contributed by atoms with Crippen LogP contribution in [0.4, 0.5) is 5.69 Å². The van der Waals surface area contributed by atoms with E-state index in [-0.39, 0.29) is 17.1 Å². The first-order valence-corrected chi connectivity index (χ1v) is 8.41. The van der Waals surface area contributed by atoms with E-state index in [4.69, 9.17) is 28.6 Å². The molecule has 0 heterocycles. The van der Waals surface area contributed by atoms with Crippen molar-refractivity contribution >= 4 is 40.5 Å². The maximum absolute atomic E-state index is 12.1. The van der Waals surface area contributed by atoms with Crippen molar-refractivity contribution in [2.45, 2.75) is 26.4 Å². The topological polar surface area (TPSA) is 50.4 Å². The van der Waals surface area contributed by atoms with Gasteiger partial charge < -0.3 is 10.1 Å². The lowest BCUT2D eigenvalue weighted by molar-refractivity contribution is 0.0977. The lowest BCUT2D eigenvalue weighted by Gasteiger charge is -2.14. The van der Waals surface area contributed by atoms with Crippen molar-refractivity contribution in [3.63, 3.8) is 0 Å². The predicted octanol–water partition coefficient (Wildman–Crippen LogP) is 4.64. The van der Waals surface area contributed by atoms with Crippen molar-refractivity contribution in [2.24, 2.45) is 0 Å². The first kappa shape index (κ1) is 18.2. The highest BCUT2D eigenvalue weighted by molar-refractivity contribution is 7.80. The number of thiocarbonyl (C=S) groups is 1. The Morgan fingerprint density at radius 1 is 1.25 bits per heavy atom. The molecule has 0 aliphatic carbocycles. The Morgan fingerprint density at radius 3 is 2.71 bits per heavy atom. The molecule has 4 nitrogen and oxygen atoms in total. The average Bonchev–Trinajstić information content (AvgIpc) is 2.54. The summed E-state index contributed by atoms with van der Waals surface area (Å²) in [7, 11) is 0. The molecule has 1 amide bonds. The fourth-order valence-electron chi connectivity index (χ4n) is 1.93. The quantitative estimate of drug-likeness (QED) is 0.760. The third-order valence-electron chi connectivity index (χ3n) is 3.32. The van der Waals surface area contributed by atoms with Gasteiger partial charge in [-0.15, -0.1) is 0 Å². The molecule has 1 atom stereocenters. The standard InChI is InChI=1S/C18H19ClN2O2S/c1-3-12(2)23-16-9-5-8-15(11-16)20-18(24)21-17(22)13-6-4-7-14(19)10-13/h4-12H,3H2,1-2H3,(H2,20,21,22,24). The Bertz CT molecular complexity index is 736. The lowest BCUT2D eigenvalue weighted by atomic mass is 10.2. The van der Waals surface area contributed by atoms with Crippen LogP contribution in [0.3, 0.4) is 0 Å². The molecule has 2 rings (SSSR count). The van der Waals surface area contributed by atoms with Gasteiger partial charge in [0.15, 0.2) is 5.11 Å². The smallest absolute Gasteiger partial charge is 0.257 e. The third-order valence-corrected chi connectivity index (χ3v) is 3.76. The molecule has 2 aromatic rings. The van der Waals surface area contributed by atoms with Crippen molar-refractivity contribution in [3.8, 4) is 5.75 Å². The van der Waals surface area contributed by atoms with Crippen LogP contribution in [0.25, 0.3) is 0 Å². The van der Waals surface area contributed by atoms with Crippen LogP contribution in [0.1, 0.15) is 30.6 Å². The van der Waals surface area contributed by atoms with E-state index in [0.717, 1.165) is 17.9 Å². The number of ether oxygens (including phenoxy) is 1. The van der Waals surface area contributed by atoms with Crippen molar-refractivity contribution in [1.82, 2.24) is 5.32 Å².